The number of hydrogen-bond donors (Lipinski definition) is 0. The SMILES string of the molecule is O=C(OCCCCCCO[N+](=O)[O-])N1CCN(c2ccc(OCCOc3cc(F)ccc3F)cc2)CC1. The first-order valence-electron chi connectivity index (χ1n) is 12.2. The molecule has 202 valence electrons. The zero-order valence-corrected chi connectivity index (χ0v) is 20.5. The van der Waals surface area contributed by atoms with Crippen LogP contribution in [0, 0.1) is 21.7 Å². The number of anilines is 1. The first-order chi connectivity index (χ1) is 17.9. The van der Waals surface area contributed by atoms with E-state index in [2.05, 4.69) is 9.74 Å². The average molecular weight is 524 g/mol. The quantitative estimate of drug-likeness (QED) is 0.203. The van der Waals surface area contributed by atoms with E-state index < -0.39 is 16.7 Å². The molecule has 0 radical (unpaired) electrons. The largest absolute Gasteiger partial charge is 0.490 e. The summed E-state index contributed by atoms with van der Waals surface area (Å²) in [5.41, 5.74) is 1.000. The minimum atomic E-state index is -0.799. The Kier molecular flexibility index (Phi) is 11.0. The van der Waals surface area contributed by atoms with Crippen LogP contribution < -0.4 is 14.4 Å². The monoisotopic (exact) mass is 523 g/mol. The van der Waals surface area contributed by atoms with Gasteiger partial charge in [-0.25, -0.2) is 13.6 Å². The molecular formula is C25H31F2N3O7. The number of piperazine rings is 1. The lowest BCUT2D eigenvalue weighted by Gasteiger charge is -2.35. The van der Waals surface area contributed by atoms with E-state index in [1.165, 1.54) is 0 Å². The second-order valence-electron chi connectivity index (χ2n) is 8.33. The summed E-state index contributed by atoms with van der Waals surface area (Å²) in [6.45, 7) is 3.07. The van der Waals surface area contributed by atoms with Crippen molar-refractivity contribution in [2.75, 3.05) is 57.5 Å². The van der Waals surface area contributed by atoms with Crippen LogP contribution in [0.25, 0.3) is 0 Å². The average Bonchev–Trinajstić information content (AvgIpc) is 2.90. The van der Waals surface area contributed by atoms with Gasteiger partial charge in [0.25, 0.3) is 5.09 Å². The van der Waals surface area contributed by atoms with Crippen LogP contribution in [0.1, 0.15) is 25.7 Å². The standard InChI is InChI=1S/C25H31F2N3O7/c26-20-5-10-23(27)24(19-20)35-18-17-34-22-8-6-21(7-9-22)28-11-13-29(14-12-28)25(31)36-15-3-1-2-4-16-37-30(32)33/h5-10,19H,1-4,11-18H2. The fourth-order valence-corrected chi connectivity index (χ4v) is 3.75. The van der Waals surface area contributed by atoms with Crippen molar-refractivity contribution in [2.45, 2.75) is 25.7 Å². The summed E-state index contributed by atoms with van der Waals surface area (Å²) in [4.78, 5) is 30.4. The number of rotatable bonds is 14. The fourth-order valence-electron chi connectivity index (χ4n) is 3.75. The van der Waals surface area contributed by atoms with E-state index in [0.717, 1.165) is 36.7 Å². The van der Waals surface area contributed by atoms with Crippen molar-refractivity contribution in [3.05, 3.63) is 64.2 Å². The molecule has 0 N–H and O–H groups in total. The maximum atomic E-state index is 13.6. The van der Waals surface area contributed by atoms with Gasteiger partial charge in [-0.15, -0.1) is 10.1 Å². The number of amides is 1. The second-order valence-corrected chi connectivity index (χ2v) is 8.33. The Morgan fingerprint density at radius 1 is 0.865 bits per heavy atom. The number of carbonyl (C=O) groups excluding carboxylic acids is 1. The van der Waals surface area contributed by atoms with Crippen LogP contribution in [0.3, 0.4) is 0 Å². The Bertz CT molecular complexity index is 1000. The van der Waals surface area contributed by atoms with Gasteiger partial charge in [0.2, 0.25) is 0 Å². The number of benzene rings is 2. The fraction of sp³-hybridized carbons (Fsp3) is 0.480. The Morgan fingerprint density at radius 3 is 2.24 bits per heavy atom. The third kappa shape index (κ3) is 9.62. The third-order valence-corrected chi connectivity index (χ3v) is 5.70. The topological polar surface area (TPSA) is 104 Å². The zero-order valence-electron chi connectivity index (χ0n) is 20.5. The molecule has 3 rings (SSSR count). The lowest BCUT2D eigenvalue weighted by molar-refractivity contribution is -0.757. The van der Waals surface area contributed by atoms with Crippen LogP contribution in [-0.2, 0) is 9.57 Å². The summed E-state index contributed by atoms with van der Waals surface area (Å²) in [5.74, 6) is -0.730. The molecule has 0 spiro atoms. The Labute approximate surface area is 213 Å². The van der Waals surface area contributed by atoms with Crippen molar-refractivity contribution < 1.29 is 37.7 Å². The molecule has 0 aromatic heterocycles. The van der Waals surface area contributed by atoms with E-state index in [-0.39, 0.29) is 31.7 Å². The Hall–Kier alpha value is -3.83. The molecule has 1 aliphatic rings. The van der Waals surface area contributed by atoms with Crippen molar-refractivity contribution in [2.24, 2.45) is 0 Å². The molecule has 12 heteroatoms. The van der Waals surface area contributed by atoms with Crippen molar-refractivity contribution in [1.82, 2.24) is 4.90 Å². The van der Waals surface area contributed by atoms with Crippen LogP contribution >= 0.6 is 0 Å². The minimum absolute atomic E-state index is 0.0685. The molecule has 0 saturated carbocycles. The lowest BCUT2D eigenvalue weighted by Crippen LogP contribution is -2.49. The smallest absolute Gasteiger partial charge is 0.409 e. The van der Waals surface area contributed by atoms with E-state index in [0.29, 0.717) is 51.4 Å². The van der Waals surface area contributed by atoms with Crippen molar-refractivity contribution in [3.8, 4) is 11.5 Å². The number of halogens is 2. The van der Waals surface area contributed by atoms with Gasteiger partial charge in [-0.05, 0) is 55.7 Å². The Morgan fingerprint density at radius 2 is 1.54 bits per heavy atom. The van der Waals surface area contributed by atoms with Crippen LogP contribution in [-0.4, -0.2) is 68.7 Å². The highest BCUT2D eigenvalue weighted by Gasteiger charge is 2.22. The van der Waals surface area contributed by atoms with Crippen molar-refractivity contribution >= 4 is 11.8 Å². The number of unbranched alkanes of at least 4 members (excludes halogenated alkanes) is 3. The third-order valence-electron chi connectivity index (χ3n) is 5.70. The summed E-state index contributed by atoms with van der Waals surface area (Å²) >= 11 is 0. The van der Waals surface area contributed by atoms with Gasteiger partial charge in [0, 0.05) is 37.9 Å². The van der Waals surface area contributed by atoms with Gasteiger partial charge < -0.3 is 28.8 Å². The van der Waals surface area contributed by atoms with Gasteiger partial charge in [-0.3, -0.25) is 0 Å². The van der Waals surface area contributed by atoms with E-state index >= 15 is 0 Å². The van der Waals surface area contributed by atoms with Gasteiger partial charge >= 0.3 is 6.09 Å². The first-order valence-corrected chi connectivity index (χ1v) is 12.2. The molecule has 0 aliphatic carbocycles. The summed E-state index contributed by atoms with van der Waals surface area (Å²) in [6.07, 6.45) is 2.54. The van der Waals surface area contributed by atoms with Crippen LogP contribution in [0.4, 0.5) is 19.3 Å². The highest BCUT2D eigenvalue weighted by molar-refractivity contribution is 5.68. The number of nitrogens with zero attached hydrogens (tertiary/aromatic N) is 3. The summed E-state index contributed by atoms with van der Waals surface area (Å²) in [6, 6.07) is 10.5. The molecule has 10 nitrogen and oxygen atoms in total. The Balaban J connectivity index is 1.28. The van der Waals surface area contributed by atoms with Crippen LogP contribution in [0.5, 0.6) is 11.5 Å². The van der Waals surface area contributed by atoms with Gasteiger partial charge in [0.15, 0.2) is 11.6 Å². The molecular weight excluding hydrogens is 492 g/mol. The van der Waals surface area contributed by atoms with E-state index in [1.54, 1.807) is 4.90 Å². The van der Waals surface area contributed by atoms with Crippen molar-refractivity contribution in [3.63, 3.8) is 0 Å². The van der Waals surface area contributed by atoms with Gasteiger partial charge in [0.1, 0.15) is 24.8 Å². The molecule has 2 aromatic carbocycles. The second kappa shape index (κ2) is 14.7. The predicted octanol–water partition coefficient (Wildman–Crippen LogP) is 4.45. The normalized spacial score (nSPS) is 13.2. The summed E-state index contributed by atoms with van der Waals surface area (Å²) < 4.78 is 42.9. The minimum Gasteiger partial charge on any atom is -0.490 e. The molecule has 0 bridgehead atoms. The predicted molar refractivity (Wildman–Crippen MR) is 130 cm³/mol. The first kappa shape index (κ1) is 27.8. The highest BCUT2D eigenvalue weighted by Crippen LogP contribution is 2.22. The maximum absolute atomic E-state index is 13.6. The zero-order chi connectivity index (χ0) is 26.5. The number of ether oxygens (including phenoxy) is 3. The molecule has 1 aliphatic heterocycles. The van der Waals surface area contributed by atoms with Crippen molar-refractivity contribution in [1.29, 1.82) is 0 Å². The molecule has 1 amide bonds. The van der Waals surface area contributed by atoms with Gasteiger partial charge in [-0.1, -0.05) is 6.42 Å². The number of hydrogen-bond acceptors (Lipinski definition) is 8. The number of carbonyl (C=O) groups is 1. The van der Waals surface area contributed by atoms with Crippen LogP contribution in [0.15, 0.2) is 42.5 Å². The van der Waals surface area contributed by atoms with E-state index in [4.69, 9.17) is 14.2 Å². The molecule has 1 heterocycles. The molecule has 2 aromatic rings. The lowest BCUT2D eigenvalue weighted by atomic mass is 10.2. The molecule has 1 fully saturated rings. The maximum Gasteiger partial charge on any atom is 0.409 e. The van der Waals surface area contributed by atoms with Gasteiger partial charge in [0.05, 0.1) is 13.2 Å². The molecule has 1 saturated heterocycles. The summed E-state index contributed by atoms with van der Waals surface area (Å²) in [7, 11) is 0. The molecule has 0 unspecified atom stereocenters. The molecule has 0 atom stereocenters. The van der Waals surface area contributed by atoms with Crippen LogP contribution in [0.2, 0.25) is 0 Å². The van der Waals surface area contributed by atoms with E-state index in [1.807, 2.05) is 24.3 Å². The van der Waals surface area contributed by atoms with E-state index in [9.17, 15) is 23.7 Å². The summed E-state index contributed by atoms with van der Waals surface area (Å²) in [5, 5.41) is 9.27. The highest BCUT2D eigenvalue weighted by atomic mass is 19.1. The van der Waals surface area contributed by atoms with Gasteiger partial charge in [-0.2, -0.15) is 0 Å². The molecule has 37 heavy (non-hydrogen) atoms.